The number of imidazole rings is 1. The van der Waals surface area contributed by atoms with E-state index in [1.807, 2.05) is 30.5 Å². The molecule has 0 radical (unpaired) electrons. The van der Waals surface area contributed by atoms with Gasteiger partial charge in [-0.3, -0.25) is 9.36 Å². The second-order valence-electron chi connectivity index (χ2n) is 6.28. The Balaban J connectivity index is 1.72. The van der Waals surface area contributed by atoms with E-state index >= 15 is 0 Å². The van der Waals surface area contributed by atoms with Gasteiger partial charge in [0.1, 0.15) is 21.9 Å². The number of H-pyrrole nitrogens is 1. The summed E-state index contributed by atoms with van der Waals surface area (Å²) in [6, 6.07) is 9.09. The van der Waals surface area contributed by atoms with Crippen LogP contribution in [-0.2, 0) is 16.1 Å². The number of carbonyl (C=O) groups excluding carboxylic acids is 1. The van der Waals surface area contributed by atoms with Gasteiger partial charge in [0, 0.05) is 6.54 Å². The maximum Gasteiger partial charge on any atom is 0.345 e. The third-order valence-corrected chi connectivity index (χ3v) is 6.37. The number of thioether (sulfide) groups is 1. The van der Waals surface area contributed by atoms with Gasteiger partial charge in [0.2, 0.25) is 0 Å². The molecule has 8 nitrogen and oxygen atoms in total. The van der Waals surface area contributed by atoms with E-state index in [0.717, 1.165) is 5.52 Å². The van der Waals surface area contributed by atoms with Crippen LogP contribution in [0.1, 0.15) is 12.7 Å². The maximum atomic E-state index is 12.7. The van der Waals surface area contributed by atoms with E-state index in [2.05, 4.69) is 15.0 Å². The number of aliphatic hydroxyl groups excluding tert-OH is 1. The molecule has 30 heavy (non-hydrogen) atoms. The molecule has 0 aliphatic heterocycles. The number of esters is 1. The van der Waals surface area contributed by atoms with E-state index in [-0.39, 0.29) is 28.5 Å². The normalized spacial score (nSPS) is 12.3. The van der Waals surface area contributed by atoms with Gasteiger partial charge in [-0.25, -0.2) is 14.8 Å². The van der Waals surface area contributed by atoms with E-state index in [0.29, 0.717) is 27.4 Å². The number of aromatic nitrogens is 4. The molecule has 0 fully saturated rings. The van der Waals surface area contributed by atoms with Crippen LogP contribution in [0.4, 0.5) is 0 Å². The third kappa shape index (κ3) is 3.59. The summed E-state index contributed by atoms with van der Waals surface area (Å²) in [7, 11) is 1.24. The van der Waals surface area contributed by atoms with Crippen LogP contribution < -0.4 is 5.56 Å². The molecule has 154 valence electrons. The number of aliphatic hydroxyl groups is 1. The molecule has 0 bridgehead atoms. The van der Waals surface area contributed by atoms with Gasteiger partial charge >= 0.3 is 5.97 Å². The first-order valence-corrected chi connectivity index (χ1v) is 11.0. The van der Waals surface area contributed by atoms with Crippen molar-refractivity contribution in [1.82, 2.24) is 19.5 Å². The Morgan fingerprint density at radius 2 is 2.07 bits per heavy atom. The SMILES string of the molecule is CCn1c(SC/C(O)=C(\C(=O)OC)c2nc3ccccc3[nH]2)nc2ccsc2c1=O. The lowest BCUT2D eigenvalue weighted by Crippen LogP contribution is -2.21. The highest BCUT2D eigenvalue weighted by atomic mass is 32.2. The van der Waals surface area contributed by atoms with E-state index in [1.165, 1.54) is 30.2 Å². The van der Waals surface area contributed by atoms with Crippen molar-refractivity contribution in [2.24, 2.45) is 0 Å². The molecule has 10 heteroatoms. The summed E-state index contributed by atoms with van der Waals surface area (Å²) in [4.78, 5) is 37.0. The number of rotatable bonds is 6. The molecule has 0 spiro atoms. The number of ether oxygens (including phenoxy) is 1. The number of thiophene rings is 1. The molecule has 0 amide bonds. The fourth-order valence-corrected chi connectivity index (χ4v) is 4.76. The van der Waals surface area contributed by atoms with Crippen LogP contribution in [0.15, 0.2) is 51.4 Å². The number of hydrogen-bond donors (Lipinski definition) is 2. The van der Waals surface area contributed by atoms with Crippen LogP contribution in [-0.4, -0.2) is 43.5 Å². The molecule has 1 aromatic carbocycles. The molecule has 0 aliphatic rings. The summed E-state index contributed by atoms with van der Waals surface area (Å²) in [5.74, 6) is -0.686. The van der Waals surface area contributed by atoms with Gasteiger partial charge in [0.15, 0.2) is 5.16 Å². The number of hydrogen-bond acceptors (Lipinski definition) is 8. The zero-order valence-corrected chi connectivity index (χ0v) is 17.8. The second-order valence-corrected chi connectivity index (χ2v) is 8.14. The Morgan fingerprint density at radius 1 is 1.27 bits per heavy atom. The quantitative estimate of drug-likeness (QED) is 0.154. The number of methoxy groups -OCH3 is 1. The number of benzene rings is 1. The lowest BCUT2D eigenvalue weighted by molar-refractivity contribution is -0.133. The molecule has 0 unspecified atom stereocenters. The second kappa shape index (κ2) is 8.33. The van der Waals surface area contributed by atoms with Gasteiger partial charge in [0.05, 0.1) is 29.4 Å². The standard InChI is InChI=1S/C20H18N4O4S2/c1-3-24-18(26)16-13(8-9-29-16)23-20(24)30-10-14(25)15(19(27)28-2)17-21-11-6-4-5-7-12(11)22-17/h4-9,25H,3,10H2,1-2H3,(H,21,22)/b15-14+. The topological polar surface area (TPSA) is 110 Å². The van der Waals surface area contributed by atoms with Crippen molar-refractivity contribution < 1.29 is 14.6 Å². The summed E-state index contributed by atoms with van der Waals surface area (Å²) in [5, 5.41) is 13.0. The van der Waals surface area contributed by atoms with E-state index < -0.39 is 5.97 Å². The minimum absolute atomic E-state index is 0.0174. The first-order valence-electron chi connectivity index (χ1n) is 9.09. The number of aromatic amines is 1. The van der Waals surface area contributed by atoms with Crippen LogP contribution in [0.3, 0.4) is 0 Å². The number of nitrogens with one attached hydrogen (secondary N) is 1. The molecule has 0 saturated carbocycles. The van der Waals surface area contributed by atoms with Crippen molar-refractivity contribution in [2.45, 2.75) is 18.6 Å². The highest BCUT2D eigenvalue weighted by Gasteiger charge is 2.23. The van der Waals surface area contributed by atoms with Gasteiger partial charge < -0.3 is 14.8 Å². The van der Waals surface area contributed by atoms with Crippen molar-refractivity contribution in [3.05, 3.63) is 57.6 Å². The molecular weight excluding hydrogens is 424 g/mol. The first kappa shape index (κ1) is 20.2. The number of para-hydroxylation sites is 2. The van der Waals surface area contributed by atoms with Gasteiger partial charge in [0.25, 0.3) is 5.56 Å². The van der Waals surface area contributed by atoms with Crippen molar-refractivity contribution in [3.63, 3.8) is 0 Å². The fraction of sp³-hybridized carbons (Fsp3) is 0.200. The molecule has 0 atom stereocenters. The van der Waals surface area contributed by atoms with Crippen LogP contribution in [0, 0.1) is 0 Å². The van der Waals surface area contributed by atoms with Crippen LogP contribution >= 0.6 is 23.1 Å². The van der Waals surface area contributed by atoms with Crippen LogP contribution in [0.2, 0.25) is 0 Å². The minimum Gasteiger partial charge on any atom is -0.510 e. The molecule has 4 aromatic rings. The van der Waals surface area contributed by atoms with Crippen LogP contribution in [0.25, 0.3) is 26.8 Å². The van der Waals surface area contributed by atoms with Gasteiger partial charge in [-0.05, 0) is 30.5 Å². The van der Waals surface area contributed by atoms with Crippen molar-refractivity contribution in [1.29, 1.82) is 0 Å². The average molecular weight is 443 g/mol. The smallest absolute Gasteiger partial charge is 0.345 e. The fourth-order valence-electron chi connectivity index (χ4n) is 3.04. The Morgan fingerprint density at radius 3 is 2.80 bits per heavy atom. The summed E-state index contributed by atoms with van der Waals surface area (Å²) in [5.41, 5.74) is 1.85. The Bertz CT molecular complexity index is 1300. The minimum atomic E-state index is -0.707. The Hall–Kier alpha value is -3.11. The molecule has 0 aliphatic carbocycles. The zero-order chi connectivity index (χ0) is 21.3. The summed E-state index contributed by atoms with van der Waals surface area (Å²) in [6.07, 6.45) is 0. The molecule has 3 heterocycles. The summed E-state index contributed by atoms with van der Waals surface area (Å²) < 4.78 is 7.00. The van der Waals surface area contributed by atoms with Crippen molar-refractivity contribution >= 4 is 55.9 Å². The first-order chi connectivity index (χ1) is 14.5. The highest BCUT2D eigenvalue weighted by molar-refractivity contribution is 7.99. The monoisotopic (exact) mass is 442 g/mol. The Kier molecular flexibility index (Phi) is 5.60. The largest absolute Gasteiger partial charge is 0.510 e. The van der Waals surface area contributed by atoms with Gasteiger partial charge in [-0.2, -0.15) is 0 Å². The number of carbonyl (C=O) groups is 1. The summed E-state index contributed by atoms with van der Waals surface area (Å²) >= 11 is 2.52. The molecule has 3 aromatic heterocycles. The summed E-state index contributed by atoms with van der Waals surface area (Å²) in [6.45, 7) is 2.30. The molecule has 2 N–H and O–H groups in total. The van der Waals surface area contributed by atoms with Crippen LogP contribution in [0.5, 0.6) is 0 Å². The van der Waals surface area contributed by atoms with Gasteiger partial charge in [-0.1, -0.05) is 23.9 Å². The molecular formula is C20H18N4O4S2. The van der Waals surface area contributed by atoms with E-state index in [1.54, 1.807) is 16.7 Å². The van der Waals surface area contributed by atoms with E-state index in [9.17, 15) is 14.7 Å². The Labute approximate surface area is 179 Å². The van der Waals surface area contributed by atoms with Crippen molar-refractivity contribution in [2.75, 3.05) is 12.9 Å². The average Bonchev–Trinajstić information content (AvgIpc) is 3.39. The van der Waals surface area contributed by atoms with Crippen molar-refractivity contribution in [3.8, 4) is 0 Å². The lowest BCUT2D eigenvalue weighted by atomic mass is 10.2. The zero-order valence-electron chi connectivity index (χ0n) is 16.2. The number of nitrogens with zero attached hydrogens (tertiary/aromatic N) is 3. The molecule has 0 saturated heterocycles. The van der Waals surface area contributed by atoms with Gasteiger partial charge in [-0.15, -0.1) is 11.3 Å². The maximum absolute atomic E-state index is 12.7. The van der Waals surface area contributed by atoms with E-state index in [4.69, 9.17) is 4.74 Å². The third-order valence-electron chi connectivity index (χ3n) is 4.49. The lowest BCUT2D eigenvalue weighted by Gasteiger charge is -2.11. The highest BCUT2D eigenvalue weighted by Crippen LogP contribution is 2.26. The number of fused-ring (bicyclic) bond motifs is 2. The molecule has 4 rings (SSSR count). The predicted molar refractivity (Wildman–Crippen MR) is 118 cm³/mol. The predicted octanol–water partition coefficient (Wildman–Crippen LogP) is 3.59.